The van der Waals surface area contributed by atoms with Crippen molar-refractivity contribution in [2.45, 2.75) is 0 Å². The number of piperazine rings is 1. The number of anilines is 2. The maximum atomic E-state index is 11.4. The first-order chi connectivity index (χ1) is 10.3. The van der Waals surface area contributed by atoms with E-state index in [1.54, 1.807) is 5.38 Å². The maximum absolute atomic E-state index is 11.4. The van der Waals surface area contributed by atoms with Gasteiger partial charge in [-0.3, -0.25) is 0 Å². The predicted octanol–water partition coefficient (Wildman–Crippen LogP) is 2.26. The highest BCUT2D eigenvalue weighted by atomic mass is 32.1. The monoisotopic (exact) mass is 303 g/mol. The van der Waals surface area contributed by atoms with Crippen LogP contribution in [-0.4, -0.2) is 44.2 Å². The number of rotatable bonds is 3. The third-order valence-corrected chi connectivity index (χ3v) is 4.46. The van der Waals surface area contributed by atoms with E-state index in [1.165, 1.54) is 24.1 Å². The number of aromatic nitrogens is 1. The fourth-order valence-electron chi connectivity index (χ4n) is 2.40. The second-order valence-electron chi connectivity index (χ2n) is 4.82. The van der Waals surface area contributed by atoms with Crippen LogP contribution >= 0.6 is 11.3 Å². The summed E-state index contributed by atoms with van der Waals surface area (Å²) < 4.78 is 4.69. The third-order valence-electron chi connectivity index (χ3n) is 3.56. The van der Waals surface area contributed by atoms with E-state index in [4.69, 9.17) is 4.74 Å². The maximum Gasteiger partial charge on any atom is 0.357 e. The first-order valence-electron chi connectivity index (χ1n) is 6.87. The predicted molar refractivity (Wildman–Crippen MR) is 84.3 cm³/mol. The molecule has 0 spiro atoms. The minimum absolute atomic E-state index is 0.375. The van der Waals surface area contributed by atoms with Crippen molar-refractivity contribution in [3.63, 3.8) is 0 Å². The third kappa shape index (κ3) is 3.00. The molecule has 1 aliphatic heterocycles. The van der Waals surface area contributed by atoms with Gasteiger partial charge in [0.15, 0.2) is 10.8 Å². The standard InChI is InChI=1S/C15H17N3O2S/c1-20-14(19)13-11-21-15(16-13)18-9-7-17(8-10-18)12-5-3-2-4-6-12/h2-6,11H,7-10H2,1H3. The van der Waals surface area contributed by atoms with Crippen LogP contribution in [0.3, 0.4) is 0 Å². The van der Waals surface area contributed by atoms with Crippen molar-refractivity contribution < 1.29 is 9.53 Å². The van der Waals surface area contributed by atoms with E-state index in [0.717, 1.165) is 31.3 Å². The second kappa shape index (κ2) is 6.13. The molecule has 0 N–H and O–H groups in total. The van der Waals surface area contributed by atoms with Crippen molar-refractivity contribution in [3.8, 4) is 0 Å². The number of benzene rings is 1. The fourth-order valence-corrected chi connectivity index (χ4v) is 3.25. The Bertz CT molecular complexity index is 606. The number of thiazole rings is 1. The normalized spacial score (nSPS) is 15.1. The molecule has 2 heterocycles. The van der Waals surface area contributed by atoms with Gasteiger partial charge in [0.2, 0.25) is 0 Å². The average Bonchev–Trinajstić information content (AvgIpc) is 3.05. The van der Waals surface area contributed by atoms with Crippen LogP contribution in [0.15, 0.2) is 35.7 Å². The molecule has 0 radical (unpaired) electrons. The quantitative estimate of drug-likeness (QED) is 0.814. The summed E-state index contributed by atoms with van der Waals surface area (Å²) in [7, 11) is 1.37. The van der Waals surface area contributed by atoms with Crippen molar-refractivity contribution in [2.75, 3.05) is 43.1 Å². The minimum atomic E-state index is -0.375. The van der Waals surface area contributed by atoms with Crippen LogP contribution in [0, 0.1) is 0 Å². The Hall–Kier alpha value is -2.08. The van der Waals surface area contributed by atoms with Crippen LogP contribution in [-0.2, 0) is 4.74 Å². The van der Waals surface area contributed by atoms with Crippen molar-refractivity contribution in [2.24, 2.45) is 0 Å². The number of hydrogen-bond donors (Lipinski definition) is 0. The molecule has 21 heavy (non-hydrogen) atoms. The van der Waals surface area contributed by atoms with Crippen LogP contribution in [0.4, 0.5) is 10.8 Å². The van der Waals surface area contributed by atoms with Gasteiger partial charge >= 0.3 is 5.97 Å². The molecule has 0 amide bonds. The molecular weight excluding hydrogens is 286 g/mol. The lowest BCUT2D eigenvalue weighted by atomic mass is 10.2. The van der Waals surface area contributed by atoms with Crippen LogP contribution in [0.2, 0.25) is 0 Å². The second-order valence-corrected chi connectivity index (χ2v) is 5.65. The highest BCUT2D eigenvalue weighted by Gasteiger charge is 2.21. The first kappa shape index (κ1) is 13.9. The van der Waals surface area contributed by atoms with Gasteiger partial charge in [-0.05, 0) is 12.1 Å². The first-order valence-corrected chi connectivity index (χ1v) is 7.74. The lowest BCUT2D eigenvalue weighted by Gasteiger charge is -2.35. The molecule has 2 aromatic rings. The van der Waals surface area contributed by atoms with Gasteiger partial charge in [-0.25, -0.2) is 9.78 Å². The smallest absolute Gasteiger partial charge is 0.357 e. The fraction of sp³-hybridized carbons (Fsp3) is 0.333. The molecule has 1 aromatic carbocycles. The van der Waals surface area contributed by atoms with Crippen molar-refractivity contribution in [1.29, 1.82) is 0 Å². The Morgan fingerprint density at radius 3 is 2.48 bits per heavy atom. The van der Waals surface area contributed by atoms with Gasteiger partial charge in [-0.1, -0.05) is 18.2 Å². The summed E-state index contributed by atoms with van der Waals surface area (Å²) in [5.41, 5.74) is 1.65. The summed E-state index contributed by atoms with van der Waals surface area (Å²) in [5.74, 6) is -0.375. The van der Waals surface area contributed by atoms with Crippen LogP contribution in [0.25, 0.3) is 0 Å². The summed E-state index contributed by atoms with van der Waals surface area (Å²) in [5, 5.41) is 2.65. The molecule has 1 saturated heterocycles. The Morgan fingerprint density at radius 1 is 1.14 bits per heavy atom. The van der Waals surface area contributed by atoms with E-state index >= 15 is 0 Å². The summed E-state index contributed by atoms with van der Waals surface area (Å²) in [6.07, 6.45) is 0. The number of nitrogens with zero attached hydrogens (tertiary/aromatic N) is 3. The zero-order valence-corrected chi connectivity index (χ0v) is 12.7. The molecule has 110 valence electrons. The van der Waals surface area contributed by atoms with Crippen molar-refractivity contribution >= 4 is 28.1 Å². The minimum Gasteiger partial charge on any atom is -0.464 e. The molecule has 0 bridgehead atoms. The van der Waals surface area contributed by atoms with Gasteiger partial charge in [-0.2, -0.15) is 0 Å². The number of ether oxygens (including phenoxy) is 1. The highest BCUT2D eigenvalue weighted by molar-refractivity contribution is 7.13. The van der Waals surface area contributed by atoms with Crippen LogP contribution in [0.1, 0.15) is 10.5 Å². The molecule has 3 rings (SSSR count). The van der Waals surface area contributed by atoms with Gasteiger partial charge in [0.25, 0.3) is 0 Å². The highest BCUT2D eigenvalue weighted by Crippen LogP contribution is 2.24. The molecule has 6 heteroatoms. The Morgan fingerprint density at radius 2 is 1.81 bits per heavy atom. The molecular formula is C15H17N3O2S. The van der Waals surface area contributed by atoms with E-state index in [9.17, 15) is 4.79 Å². The molecule has 0 unspecified atom stereocenters. The van der Waals surface area contributed by atoms with E-state index in [2.05, 4.69) is 39.0 Å². The number of carbonyl (C=O) groups is 1. The lowest BCUT2D eigenvalue weighted by Crippen LogP contribution is -2.46. The Balaban J connectivity index is 1.63. The van der Waals surface area contributed by atoms with Gasteiger partial charge in [0, 0.05) is 37.2 Å². The van der Waals surface area contributed by atoms with Gasteiger partial charge in [-0.15, -0.1) is 11.3 Å². The number of para-hydroxylation sites is 1. The number of hydrogen-bond acceptors (Lipinski definition) is 6. The van der Waals surface area contributed by atoms with Gasteiger partial charge in [0.1, 0.15) is 0 Å². The number of carbonyl (C=O) groups excluding carboxylic acids is 1. The molecule has 0 aliphatic carbocycles. The molecule has 5 nitrogen and oxygen atoms in total. The Kier molecular flexibility index (Phi) is 4.06. The largest absolute Gasteiger partial charge is 0.464 e. The van der Waals surface area contributed by atoms with E-state index in [0.29, 0.717) is 5.69 Å². The van der Waals surface area contributed by atoms with E-state index < -0.39 is 0 Å². The van der Waals surface area contributed by atoms with Crippen LogP contribution in [0.5, 0.6) is 0 Å². The Labute approximate surface area is 127 Å². The van der Waals surface area contributed by atoms with Crippen molar-refractivity contribution in [1.82, 2.24) is 4.98 Å². The number of esters is 1. The average molecular weight is 303 g/mol. The zero-order chi connectivity index (χ0) is 14.7. The van der Waals surface area contributed by atoms with E-state index in [1.807, 2.05) is 6.07 Å². The number of methoxy groups -OCH3 is 1. The molecule has 0 saturated carbocycles. The zero-order valence-electron chi connectivity index (χ0n) is 11.9. The molecule has 1 fully saturated rings. The van der Waals surface area contributed by atoms with Gasteiger partial charge in [0.05, 0.1) is 7.11 Å². The SMILES string of the molecule is COC(=O)c1csc(N2CCN(c3ccccc3)CC2)n1. The van der Waals surface area contributed by atoms with Gasteiger partial charge < -0.3 is 14.5 Å². The van der Waals surface area contributed by atoms with Crippen molar-refractivity contribution in [3.05, 3.63) is 41.4 Å². The molecule has 1 aliphatic rings. The summed E-state index contributed by atoms with van der Waals surface area (Å²) in [4.78, 5) is 20.4. The van der Waals surface area contributed by atoms with Crippen LogP contribution < -0.4 is 9.80 Å². The molecule has 0 atom stereocenters. The van der Waals surface area contributed by atoms with E-state index in [-0.39, 0.29) is 5.97 Å². The summed E-state index contributed by atoms with van der Waals surface area (Å²) in [6.45, 7) is 3.72. The lowest BCUT2D eigenvalue weighted by molar-refractivity contribution is 0.0595. The summed E-state index contributed by atoms with van der Waals surface area (Å²) in [6, 6.07) is 10.4. The topological polar surface area (TPSA) is 45.7 Å². The summed E-state index contributed by atoms with van der Waals surface area (Å²) >= 11 is 1.49. The molecule has 1 aromatic heterocycles.